The number of carbonyl (C=O) groups excluding carboxylic acids is 1. The van der Waals surface area contributed by atoms with Crippen LogP contribution in [0.3, 0.4) is 0 Å². The summed E-state index contributed by atoms with van der Waals surface area (Å²) in [7, 11) is 0. The summed E-state index contributed by atoms with van der Waals surface area (Å²) >= 11 is 0. The maximum Gasteiger partial charge on any atom is 1.00 e. The van der Waals surface area contributed by atoms with Crippen molar-refractivity contribution in [1.82, 2.24) is 19.9 Å². The quantitative estimate of drug-likeness (QED) is 0.351. The summed E-state index contributed by atoms with van der Waals surface area (Å²) in [6.07, 6.45) is 6.06. The number of aryl methyl sites for hydroxylation is 1. The van der Waals surface area contributed by atoms with Crippen molar-refractivity contribution >= 4 is 16.9 Å². The molecule has 4 aromatic rings. The fraction of sp³-hybridized carbons (Fsp3) is 0.292. The SMILES string of the molecule is N#Cc1cc(-c2nc(-c3ccc4c(cnn4CCC(=O)[O-])c3)no2)ccc1OC1CCCC1.[Na+]. The molecule has 9 nitrogen and oxygen atoms in total. The molecular formula is C24H20N5NaO4. The smallest absolute Gasteiger partial charge is 0.550 e. The summed E-state index contributed by atoms with van der Waals surface area (Å²) in [6, 6.07) is 13.0. The van der Waals surface area contributed by atoms with Gasteiger partial charge in [-0.3, -0.25) is 4.68 Å². The third-order valence-electron chi connectivity index (χ3n) is 5.80. The van der Waals surface area contributed by atoms with E-state index in [2.05, 4.69) is 21.3 Å². The minimum atomic E-state index is -1.12. The van der Waals surface area contributed by atoms with Gasteiger partial charge in [0.2, 0.25) is 5.82 Å². The molecule has 0 spiro atoms. The maximum atomic E-state index is 10.7. The minimum Gasteiger partial charge on any atom is -0.550 e. The minimum absolute atomic E-state index is 0. The van der Waals surface area contributed by atoms with Crippen LogP contribution in [0.2, 0.25) is 0 Å². The Morgan fingerprint density at radius 2 is 2.00 bits per heavy atom. The zero-order valence-corrected chi connectivity index (χ0v) is 20.7. The zero-order chi connectivity index (χ0) is 22.8. The first-order chi connectivity index (χ1) is 16.1. The molecule has 0 bridgehead atoms. The van der Waals surface area contributed by atoms with Gasteiger partial charge < -0.3 is 19.2 Å². The summed E-state index contributed by atoms with van der Waals surface area (Å²) < 4.78 is 13.1. The molecule has 0 N–H and O–H groups in total. The van der Waals surface area contributed by atoms with Gasteiger partial charge in [0.25, 0.3) is 5.89 Å². The van der Waals surface area contributed by atoms with Crippen LogP contribution in [0.4, 0.5) is 0 Å². The average Bonchev–Trinajstić information content (AvgIpc) is 3.58. The van der Waals surface area contributed by atoms with Crippen LogP contribution in [0.15, 0.2) is 47.1 Å². The fourth-order valence-electron chi connectivity index (χ4n) is 4.10. The molecule has 166 valence electrons. The molecule has 1 saturated carbocycles. The van der Waals surface area contributed by atoms with Crippen molar-refractivity contribution in [2.24, 2.45) is 0 Å². The van der Waals surface area contributed by atoms with Crippen LogP contribution in [0.25, 0.3) is 33.7 Å². The van der Waals surface area contributed by atoms with Crippen LogP contribution in [0.5, 0.6) is 5.75 Å². The Labute approximate surface area is 217 Å². The molecule has 34 heavy (non-hydrogen) atoms. The molecule has 1 aliphatic carbocycles. The summed E-state index contributed by atoms with van der Waals surface area (Å²) in [6.45, 7) is 0.235. The first kappa shape index (κ1) is 24.0. The topological polar surface area (TPSA) is 130 Å². The van der Waals surface area contributed by atoms with E-state index >= 15 is 0 Å². The van der Waals surface area contributed by atoms with Gasteiger partial charge in [-0.25, -0.2) is 0 Å². The van der Waals surface area contributed by atoms with E-state index in [-0.39, 0.29) is 48.6 Å². The predicted molar refractivity (Wildman–Crippen MR) is 116 cm³/mol. The summed E-state index contributed by atoms with van der Waals surface area (Å²) in [5, 5.41) is 29.5. The number of aromatic nitrogens is 4. The van der Waals surface area contributed by atoms with E-state index in [9.17, 15) is 15.2 Å². The summed E-state index contributed by atoms with van der Waals surface area (Å²) in [5.74, 6) is 0.166. The largest absolute Gasteiger partial charge is 1.00 e. The van der Waals surface area contributed by atoms with Gasteiger partial charge in [0.05, 0.1) is 23.4 Å². The predicted octanol–water partition coefficient (Wildman–Crippen LogP) is 0.0904. The van der Waals surface area contributed by atoms with Crippen LogP contribution in [0, 0.1) is 11.3 Å². The molecule has 0 saturated heterocycles. The van der Waals surface area contributed by atoms with Crippen LogP contribution in [0.1, 0.15) is 37.7 Å². The molecule has 2 aromatic heterocycles. The molecule has 5 rings (SSSR count). The van der Waals surface area contributed by atoms with E-state index in [0.717, 1.165) is 42.1 Å². The van der Waals surface area contributed by atoms with E-state index in [0.29, 0.717) is 28.6 Å². The van der Waals surface area contributed by atoms with Crippen molar-refractivity contribution in [3.63, 3.8) is 0 Å². The molecule has 0 unspecified atom stereocenters. The molecule has 0 atom stereocenters. The van der Waals surface area contributed by atoms with Gasteiger partial charge >= 0.3 is 29.6 Å². The molecule has 0 aliphatic heterocycles. The standard InChI is InChI=1S/C24H21N5O4.Na/c25-13-17-12-16(6-8-21(17)32-19-3-1-2-4-19)24-27-23(28-33-24)15-5-7-20-18(11-15)14-26-29(20)10-9-22(30)31;/h5-8,11-12,14,19H,1-4,9-10H2,(H,30,31);/q;+1/p-1. The second-order valence-corrected chi connectivity index (χ2v) is 8.03. The van der Waals surface area contributed by atoms with Gasteiger partial charge in [-0.2, -0.15) is 15.3 Å². The Morgan fingerprint density at radius 1 is 1.21 bits per heavy atom. The Kier molecular flexibility index (Phi) is 7.32. The molecular weight excluding hydrogens is 445 g/mol. The number of aliphatic carboxylic acids is 1. The number of carboxylic acid groups (broad SMARTS) is 1. The summed E-state index contributed by atoms with van der Waals surface area (Å²) in [4.78, 5) is 15.2. The first-order valence-electron chi connectivity index (χ1n) is 10.8. The number of nitriles is 1. The molecule has 2 heterocycles. The normalized spacial score (nSPS) is 13.5. The third kappa shape index (κ3) is 4.99. The van der Waals surface area contributed by atoms with E-state index in [1.807, 2.05) is 24.3 Å². The van der Waals surface area contributed by atoms with Crippen molar-refractivity contribution < 1.29 is 48.7 Å². The number of hydrogen-bond acceptors (Lipinski definition) is 8. The van der Waals surface area contributed by atoms with Crippen LogP contribution >= 0.6 is 0 Å². The maximum absolute atomic E-state index is 10.7. The number of benzene rings is 2. The van der Waals surface area contributed by atoms with E-state index < -0.39 is 5.97 Å². The number of nitrogens with zero attached hydrogens (tertiary/aromatic N) is 5. The Morgan fingerprint density at radius 3 is 2.76 bits per heavy atom. The number of fused-ring (bicyclic) bond motifs is 1. The van der Waals surface area contributed by atoms with Gasteiger partial charge in [0.15, 0.2) is 0 Å². The Hall–Kier alpha value is -3.19. The van der Waals surface area contributed by atoms with Crippen LogP contribution < -0.4 is 39.4 Å². The van der Waals surface area contributed by atoms with Crippen molar-refractivity contribution in [3.8, 4) is 34.7 Å². The van der Waals surface area contributed by atoms with Crippen LogP contribution in [-0.2, 0) is 11.3 Å². The van der Waals surface area contributed by atoms with Crippen molar-refractivity contribution in [3.05, 3.63) is 48.2 Å². The van der Waals surface area contributed by atoms with Crippen molar-refractivity contribution in [2.45, 2.75) is 44.8 Å². The Bertz CT molecular complexity index is 1370. The number of carboxylic acids is 1. The molecule has 1 fully saturated rings. The number of rotatable bonds is 7. The second-order valence-electron chi connectivity index (χ2n) is 8.03. The fourth-order valence-corrected chi connectivity index (χ4v) is 4.10. The van der Waals surface area contributed by atoms with E-state index in [1.54, 1.807) is 23.0 Å². The van der Waals surface area contributed by atoms with Crippen molar-refractivity contribution in [2.75, 3.05) is 0 Å². The van der Waals surface area contributed by atoms with Crippen LogP contribution in [-0.4, -0.2) is 32.0 Å². The molecule has 0 radical (unpaired) electrons. The number of carbonyl (C=O) groups is 1. The van der Waals surface area contributed by atoms with E-state index in [4.69, 9.17) is 9.26 Å². The number of ether oxygens (including phenoxy) is 1. The van der Waals surface area contributed by atoms with Gasteiger partial charge in [-0.1, -0.05) is 5.16 Å². The average molecular weight is 465 g/mol. The molecule has 10 heteroatoms. The second kappa shape index (κ2) is 10.4. The Balaban J connectivity index is 0.00000274. The van der Waals surface area contributed by atoms with Gasteiger partial charge in [-0.15, -0.1) is 0 Å². The molecule has 1 aliphatic rings. The van der Waals surface area contributed by atoms with E-state index in [1.165, 1.54) is 0 Å². The molecule has 0 amide bonds. The van der Waals surface area contributed by atoms with Crippen molar-refractivity contribution in [1.29, 1.82) is 5.26 Å². The van der Waals surface area contributed by atoms with Gasteiger partial charge in [0.1, 0.15) is 11.8 Å². The third-order valence-corrected chi connectivity index (χ3v) is 5.80. The molecule has 2 aromatic carbocycles. The monoisotopic (exact) mass is 465 g/mol. The summed E-state index contributed by atoms with van der Waals surface area (Å²) in [5.41, 5.74) is 2.61. The first-order valence-corrected chi connectivity index (χ1v) is 10.8. The zero-order valence-electron chi connectivity index (χ0n) is 18.7. The van der Waals surface area contributed by atoms with Gasteiger partial charge in [-0.05, 0) is 62.1 Å². The van der Waals surface area contributed by atoms with Gasteiger partial charge in [0, 0.05) is 35.4 Å². The number of hydrogen-bond donors (Lipinski definition) is 0.